The van der Waals surface area contributed by atoms with Crippen LogP contribution in [0.25, 0.3) is 0 Å². The van der Waals surface area contributed by atoms with Gasteiger partial charge < -0.3 is 5.73 Å². The third-order valence-electron chi connectivity index (χ3n) is 2.86. The van der Waals surface area contributed by atoms with Crippen molar-refractivity contribution < 1.29 is 13.2 Å². The molecule has 0 aliphatic carbocycles. The summed E-state index contributed by atoms with van der Waals surface area (Å²) in [5, 5.41) is 0. The molecule has 1 rings (SSSR count). The first kappa shape index (κ1) is 14.1. The fourth-order valence-electron chi connectivity index (χ4n) is 1.99. The lowest BCUT2D eigenvalue weighted by Gasteiger charge is -2.35. The Morgan fingerprint density at radius 1 is 1.31 bits per heavy atom. The molecular formula is C10H19F3N2S. The minimum Gasteiger partial charge on any atom is -0.326 e. The average molecular weight is 256 g/mol. The molecule has 0 bridgehead atoms. The van der Waals surface area contributed by atoms with E-state index in [1.165, 1.54) is 4.90 Å². The number of hydrogen-bond donors (Lipinski definition) is 1. The predicted molar refractivity (Wildman–Crippen MR) is 61.6 cm³/mol. The quantitative estimate of drug-likeness (QED) is 0.838. The van der Waals surface area contributed by atoms with Crippen LogP contribution in [0.4, 0.5) is 13.2 Å². The van der Waals surface area contributed by atoms with Crippen molar-refractivity contribution in [1.29, 1.82) is 0 Å². The van der Waals surface area contributed by atoms with Gasteiger partial charge in [-0.1, -0.05) is 6.92 Å². The molecule has 2 atom stereocenters. The number of halogens is 3. The van der Waals surface area contributed by atoms with Gasteiger partial charge in [0, 0.05) is 18.3 Å². The second-order valence-electron chi connectivity index (χ2n) is 4.06. The zero-order valence-electron chi connectivity index (χ0n) is 9.46. The van der Waals surface area contributed by atoms with Crippen LogP contribution in [0.3, 0.4) is 0 Å². The lowest BCUT2D eigenvalue weighted by molar-refractivity contribution is -0.188. The van der Waals surface area contributed by atoms with Crippen molar-refractivity contribution in [2.75, 3.05) is 24.6 Å². The van der Waals surface area contributed by atoms with Crippen LogP contribution in [0, 0.1) is 0 Å². The van der Waals surface area contributed by atoms with Gasteiger partial charge >= 0.3 is 6.18 Å². The topological polar surface area (TPSA) is 29.3 Å². The predicted octanol–water partition coefficient (Wildman–Crippen LogP) is 2.09. The van der Waals surface area contributed by atoms with Crippen LogP contribution in [0.5, 0.6) is 0 Å². The van der Waals surface area contributed by atoms with Gasteiger partial charge in [0.05, 0.1) is 0 Å². The van der Waals surface area contributed by atoms with E-state index in [0.717, 1.165) is 17.9 Å². The summed E-state index contributed by atoms with van der Waals surface area (Å²) in [6, 6.07) is -2.29. The molecular weight excluding hydrogens is 237 g/mol. The minimum atomic E-state index is -4.22. The summed E-state index contributed by atoms with van der Waals surface area (Å²) in [7, 11) is 0. The van der Waals surface area contributed by atoms with Crippen LogP contribution in [-0.2, 0) is 0 Å². The molecule has 1 aliphatic rings. The maximum Gasteiger partial charge on any atom is 0.405 e. The van der Waals surface area contributed by atoms with Crippen LogP contribution in [0.15, 0.2) is 0 Å². The lowest BCUT2D eigenvalue weighted by Crippen LogP contribution is -2.56. The summed E-state index contributed by atoms with van der Waals surface area (Å²) in [6.45, 7) is 2.70. The van der Waals surface area contributed by atoms with Crippen molar-refractivity contribution in [3.05, 3.63) is 0 Å². The van der Waals surface area contributed by atoms with E-state index in [-0.39, 0.29) is 0 Å². The molecule has 1 aliphatic heterocycles. The molecule has 0 spiro atoms. The molecule has 2 N–H and O–H groups in total. The van der Waals surface area contributed by atoms with Gasteiger partial charge in [-0.15, -0.1) is 0 Å². The van der Waals surface area contributed by atoms with Gasteiger partial charge in [-0.25, -0.2) is 0 Å². The van der Waals surface area contributed by atoms with E-state index >= 15 is 0 Å². The molecule has 0 aromatic heterocycles. The number of thioether (sulfide) groups is 1. The van der Waals surface area contributed by atoms with Crippen molar-refractivity contribution in [2.45, 2.75) is 38.0 Å². The largest absolute Gasteiger partial charge is 0.405 e. The van der Waals surface area contributed by atoms with E-state index in [2.05, 4.69) is 0 Å². The van der Waals surface area contributed by atoms with Gasteiger partial charge in [0.25, 0.3) is 0 Å². The second kappa shape index (κ2) is 6.12. The molecule has 1 heterocycles. The molecule has 0 saturated carbocycles. The van der Waals surface area contributed by atoms with Crippen molar-refractivity contribution in [1.82, 2.24) is 4.90 Å². The van der Waals surface area contributed by atoms with Crippen LogP contribution in [-0.4, -0.2) is 47.8 Å². The van der Waals surface area contributed by atoms with Gasteiger partial charge in [0.15, 0.2) is 0 Å². The molecule has 6 heteroatoms. The SMILES string of the molecule is CCC(N)C(N1CCCSCC1)C(F)(F)F. The molecule has 2 unspecified atom stereocenters. The number of hydrogen-bond acceptors (Lipinski definition) is 3. The molecule has 96 valence electrons. The van der Waals surface area contributed by atoms with Gasteiger partial charge in [-0.2, -0.15) is 24.9 Å². The summed E-state index contributed by atoms with van der Waals surface area (Å²) in [5.41, 5.74) is 5.62. The second-order valence-corrected chi connectivity index (χ2v) is 5.29. The maximum atomic E-state index is 12.9. The van der Waals surface area contributed by atoms with E-state index in [1.807, 2.05) is 0 Å². The normalized spacial score (nSPS) is 23.8. The fourth-order valence-corrected chi connectivity index (χ4v) is 2.89. The molecule has 1 saturated heterocycles. The Labute approximate surface area is 98.7 Å². The molecule has 0 radical (unpaired) electrons. The summed E-state index contributed by atoms with van der Waals surface area (Å²) in [4.78, 5) is 1.51. The molecule has 2 nitrogen and oxygen atoms in total. The number of nitrogens with two attached hydrogens (primary N) is 1. The summed E-state index contributed by atoms with van der Waals surface area (Å²) in [5.74, 6) is 1.71. The summed E-state index contributed by atoms with van der Waals surface area (Å²) < 4.78 is 38.8. The first-order chi connectivity index (χ1) is 7.46. The number of rotatable bonds is 3. The van der Waals surface area contributed by atoms with E-state index in [9.17, 15) is 13.2 Å². The highest BCUT2D eigenvalue weighted by atomic mass is 32.2. The third kappa shape index (κ3) is 3.82. The molecule has 1 fully saturated rings. The molecule has 16 heavy (non-hydrogen) atoms. The summed E-state index contributed by atoms with van der Waals surface area (Å²) >= 11 is 1.72. The maximum absolute atomic E-state index is 12.9. The van der Waals surface area contributed by atoms with Gasteiger partial charge in [-0.05, 0) is 25.1 Å². The zero-order valence-corrected chi connectivity index (χ0v) is 10.3. The Bertz CT molecular complexity index is 203. The van der Waals surface area contributed by atoms with E-state index in [1.54, 1.807) is 18.7 Å². The van der Waals surface area contributed by atoms with E-state index < -0.39 is 18.3 Å². The third-order valence-corrected chi connectivity index (χ3v) is 3.91. The highest BCUT2D eigenvalue weighted by Crippen LogP contribution is 2.29. The highest BCUT2D eigenvalue weighted by molar-refractivity contribution is 7.99. The standard InChI is InChI=1S/C10H19F3N2S/c1-2-8(14)9(10(11,12)13)15-4-3-6-16-7-5-15/h8-9H,2-7,14H2,1H3. The van der Waals surface area contributed by atoms with Gasteiger partial charge in [0.2, 0.25) is 0 Å². The Balaban J connectivity index is 2.74. The van der Waals surface area contributed by atoms with Gasteiger partial charge in [-0.3, -0.25) is 4.90 Å². The van der Waals surface area contributed by atoms with Gasteiger partial charge in [0.1, 0.15) is 6.04 Å². The van der Waals surface area contributed by atoms with Crippen LogP contribution in [0.1, 0.15) is 19.8 Å². The van der Waals surface area contributed by atoms with E-state index in [0.29, 0.717) is 19.5 Å². The van der Waals surface area contributed by atoms with Crippen molar-refractivity contribution in [3.8, 4) is 0 Å². The van der Waals surface area contributed by atoms with Crippen LogP contribution in [0.2, 0.25) is 0 Å². The fraction of sp³-hybridized carbons (Fsp3) is 1.00. The summed E-state index contributed by atoms with van der Waals surface area (Å²) in [6.07, 6.45) is -3.05. The number of alkyl halides is 3. The number of nitrogens with zero attached hydrogens (tertiary/aromatic N) is 1. The van der Waals surface area contributed by atoms with Crippen molar-refractivity contribution >= 4 is 11.8 Å². The molecule has 0 aromatic carbocycles. The zero-order chi connectivity index (χ0) is 12.2. The lowest BCUT2D eigenvalue weighted by atomic mass is 10.0. The van der Waals surface area contributed by atoms with Crippen molar-refractivity contribution in [3.63, 3.8) is 0 Å². The Kier molecular flexibility index (Phi) is 5.40. The minimum absolute atomic E-state index is 0.355. The average Bonchev–Trinajstić information content (AvgIpc) is 2.44. The Morgan fingerprint density at radius 2 is 2.00 bits per heavy atom. The van der Waals surface area contributed by atoms with Crippen LogP contribution >= 0.6 is 11.8 Å². The van der Waals surface area contributed by atoms with E-state index in [4.69, 9.17) is 5.73 Å². The molecule has 0 aromatic rings. The van der Waals surface area contributed by atoms with Crippen molar-refractivity contribution in [2.24, 2.45) is 5.73 Å². The Hall–Kier alpha value is 0.0600. The first-order valence-corrected chi connectivity index (χ1v) is 6.76. The molecule has 0 amide bonds. The monoisotopic (exact) mass is 256 g/mol. The smallest absolute Gasteiger partial charge is 0.326 e. The highest BCUT2D eigenvalue weighted by Gasteiger charge is 2.46. The first-order valence-electron chi connectivity index (χ1n) is 5.61. The Morgan fingerprint density at radius 3 is 2.56 bits per heavy atom. The van der Waals surface area contributed by atoms with Crippen LogP contribution < -0.4 is 5.73 Å².